The molecule has 168 valence electrons. The highest BCUT2D eigenvalue weighted by molar-refractivity contribution is 6.32. The van der Waals surface area contributed by atoms with Crippen molar-refractivity contribution in [2.24, 2.45) is 0 Å². The summed E-state index contributed by atoms with van der Waals surface area (Å²) in [6, 6.07) is 5.43. The van der Waals surface area contributed by atoms with Gasteiger partial charge >= 0.3 is 6.18 Å². The number of alkyl halides is 3. The lowest BCUT2D eigenvalue weighted by atomic mass is 10.2. The van der Waals surface area contributed by atoms with Crippen LogP contribution in [0.3, 0.4) is 0 Å². The van der Waals surface area contributed by atoms with E-state index in [9.17, 15) is 18.0 Å². The zero-order chi connectivity index (χ0) is 22.3. The van der Waals surface area contributed by atoms with Crippen molar-refractivity contribution >= 4 is 34.8 Å². The summed E-state index contributed by atoms with van der Waals surface area (Å²) in [7, 11) is 1.53. The number of amides is 1. The van der Waals surface area contributed by atoms with Crippen LogP contribution in [0.2, 0.25) is 10.0 Å². The Balaban J connectivity index is 1.44. The molecule has 2 aliphatic rings. The Kier molecular flexibility index (Phi) is 6.00. The molecular weight excluding hydrogens is 456 g/mol. The van der Waals surface area contributed by atoms with E-state index in [-0.39, 0.29) is 16.6 Å². The number of ether oxygens (including phenoxy) is 1. The van der Waals surface area contributed by atoms with Gasteiger partial charge in [-0.1, -0.05) is 23.2 Å². The molecule has 1 amide bonds. The van der Waals surface area contributed by atoms with Crippen LogP contribution in [0.15, 0.2) is 18.2 Å². The van der Waals surface area contributed by atoms with E-state index in [0.29, 0.717) is 37.0 Å². The standard InChI is InChI=1S/C20H21Cl2F3N4O2/c1-31-15-10-13(4-5-14(15)21)27-6-8-28(9-7-27)16(30)11-29-19(20(23,24)25)17(22)18(26-29)12-2-3-12/h4-5,10,12H,2-3,6-9,11H2,1H3. The van der Waals surface area contributed by atoms with E-state index < -0.39 is 24.3 Å². The molecule has 0 radical (unpaired) electrons. The first-order valence-corrected chi connectivity index (χ1v) is 10.6. The van der Waals surface area contributed by atoms with Crippen LogP contribution < -0.4 is 9.64 Å². The van der Waals surface area contributed by atoms with E-state index in [1.54, 1.807) is 11.0 Å². The van der Waals surface area contributed by atoms with Crippen molar-refractivity contribution in [1.82, 2.24) is 14.7 Å². The zero-order valence-electron chi connectivity index (χ0n) is 16.8. The summed E-state index contributed by atoms with van der Waals surface area (Å²) in [5.41, 5.74) is 0.0975. The lowest BCUT2D eigenvalue weighted by Crippen LogP contribution is -2.49. The van der Waals surface area contributed by atoms with Crippen molar-refractivity contribution in [2.45, 2.75) is 31.5 Å². The van der Waals surface area contributed by atoms with Gasteiger partial charge in [0.25, 0.3) is 0 Å². The van der Waals surface area contributed by atoms with Gasteiger partial charge in [-0.3, -0.25) is 4.79 Å². The number of halogens is 5. The molecule has 2 heterocycles. The lowest BCUT2D eigenvalue weighted by Gasteiger charge is -2.36. The summed E-state index contributed by atoms with van der Waals surface area (Å²) in [6.45, 7) is 1.35. The van der Waals surface area contributed by atoms with Crippen molar-refractivity contribution in [2.75, 3.05) is 38.2 Å². The molecule has 0 bridgehead atoms. The topological polar surface area (TPSA) is 50.6 Å². The minimum absolute atomic E-state index is 0.0511. The van der Waals surface area contributed by atoms with Crippen LogP contribution in [-0.4, -0.2) is 53.9 Å². The van der Waals surface area contributed by atoms with Crippen molar-refractivity contribution in [3.8, 4) is 5.75 Å². The van der Waals surface area contributed by atoms with E-state index in [2.05, 4.69) is 10.00 Å². The summed E-state index contributed by atoms with van der Waals surface area (Å²) in [4.78, 5) is 16.4. The number of hydrogen-bond acceptors (Lipinski definition) is 4. The number of carbonyl (C=O) groups excluding carboxylic acids is 1. The molecule has 11 heteroatoms. The van der Waals surface area contributed by atoms with Crippen molar-refractivity contribution in [1.29, 1.82) is 0 Å². The van der Waals surface area contributed by atoms with E-state index in [1.165, 1.54) is 7.11 Å². The van der Waals surface area contributed by atoms with Crippen molar-refractivity contribution in [3.05, 3.63) is 39.6 Å². The van der Waals surface area contributed by atoms with Crippen LogP contribution in [0.5, 0.6) is 5.75 Å². The second kappa shape index (κ2) is 8.43. The summed E-state index contributed by atoms with van der Waals surface area (Å²) in [5.74, 6) is 0.0876. The number of benzene rings is 1. The molecular formula is C20H21Cl2F3N4O2. The van der Waals surface area contributed by atoms with Crippen molar-refractivity contribution < 1.29 is 22.7 Å². The molecule has 0 atom stereocenters. The molecule has 0 unspecified atom stereocenters. The quantitative estimate of drug-likeness (QED) is 0.639. The van der Waals surface area contributed by atoms with Crippen LogP contribution in [-0.2, 0) is 17.5 Å². The number of piperazine rings is 1. The molecule has 1 aromatic heterocycles. The van der Waals surface area contributed by atoms with Crippen LogP contribution in [0.25, 0.3) is 0 Å². The van der Waals surface area contributed by atoms with E-state index in [4.69, 9.17) is 27.9 Å². The highest BCUT2D eigenvalue weighted by Gasteiger charge is 2.43. The van der Waals surface area contributed by atoms with Crippen molar-refractivity contribution in [3.63, 3.8) is 0 Å². The number of aromatic nitrogens is 2. The van der Waals surface area contributed by atoms with Gasteiger partial charge in [0.05, 0.1) is 22.8 Å². The Morgan fingerprint density at radius 3 is 2.45 bits per heavy atom. The van der Waals surface area contributed by atoms with Crippen LogP contribution in [0.4, 0.5) is 18.9 Å². The van der Waals surface area contributed by atoms with Gasteiger partial charge in [0.2, 0.25) is 5.91 Å². The molecule has 1 aliphatic carbocycles. The third kappa shape index (κ3) is 4.57. The highest BCUT2D eigenvalue weighted by Crippen LogP contribution is 2.46. The van der Waals surface area contributed by atoms with Crippen LogP contribution >= 0.6 is 23.2 Å². The minimum Gasteiger partial charge on any atom is -0.495 e. The van der Waals surface area contributed by atoms with Gasteiger partial charge in [0, 0.05) is 43.9 Å². The minimum atomic E-state index is -4.68. The second-order valence-electron chi connectivity index (χ2n) is 7.66. The normalized spacial score (nSPS) is 17.2. The maximum atomic E-state index is 13.5. The molecule has 6 nitrogen and oxygen atoms in total. The fourth-order valence-electron chi connectivity index (χ4n) is 3.75. The Morgan fingerprint density at radius 2 is 1.87 bits per heavy atom. The molecule has 4 rings (SSSR count). The first-order valence-electron chi connectivity index (χ1n) is 9.88. The smallest absolute Gasteiger partial charge is 0.434 e. The number of rotatable bonds is 5. The summed E-state index contributed by atoms with van der Waals surface area (Å²) in [5, 5.41) is 4.16. The molecule has 2 fully saturated rings. The molecule has 1 aliphatic heterocycles. The Hall–Kier alpha value is -2.13. The molecule has 1 aromatic carbocycles. The fourth-order valence-corrected chi connectivity index (χ4v) is 4.34. The summed E-state index contributed by atoms with van der Waals surface area (Å²) in [6.07, 6.45) is -3.15. The third-order valence-electron chi connectivity index (χ3n) is 5.57. The number of carbonyl (C=O) groups is 1. The number of anilines is 1. The first-order chi connectivity index (χ1) is 14.7. The molecule has 1 saturated heterocycles. The molecule has 31 heavy (non-hydrogen) atoms. The summed E-state index contributed by atoms with van der Waals surface area (Å²) < 4.78 is 46.6. The number of methoxy groups -OCH3 is 1. The predicted molar refractivity (Wildman–Crippen MR) is 111 cm³/mol. The Bertz CT molecular complexity index is 984. The average Bonchev–Trinajstić information content (AvgIpc) is 3.51. The first kappa shape index (κ1) is 22.1. The van der Waals surface area contributed by atoms with Gasteiger partial charge < -0.3 is 14.5 Å². The van der Waals surface area contributed by atoms with Crippen LogP contribution in [0.1, 0.15) is 30.1 Å². The monoisotopic (exact) mass is 476 g/mol. The highest BCUT2D eigenvalue weighted by atomic mass is 35.5. The summed E-state index contributed by atoms with van der Waals surface area (Å²) >= 11 is 12.1. The largest absolute Gasteiger partial charge is 0.495 e. The molecule has 1 saturated carbocycles. The van der Waals surface area contributed by atoms with Gasteiger partial charge in [-0.2, -0.15) is 18.3 Å². The zero-order valence-corrected chi connectivity index (χ0v) is 18.3. The van der Waals surface area contributed by atoms with E-state index in [1.807, 2.05) is 12.1 Å². The van der Waals surface area contributed by atoms with Gasteiger partial charge in [-0.05, 0) is 25.0 Å². The predicted octanol–water partition coefficient (Wildman–Crippen LogP) is 4.44. The van der Waals surface area contributed by atoms with Crippen LogP contribution in [0, 0.1) is 0 Å². The Morgan fingerprint density at radius 1 is 1.19 bits per heavy atom. The molecule has 0 N–H and O–H groups in total. The van der Waals surface area contributed by atoms with Gasteiger partial charge in [-0.25, -0.2) is 4.68 Å². The maximum Gasteiger partial charge on any atom is 0.434 e. The molecule has 2 aromatic rings. The number of nitrogens with zero attached hydrogens (tertiary/aromatic N) is 4. The van der Waals surface area contributed by atoms with E-state index in [0.717, 1.165) is 23.2 Å². The maximum absolute atomic E-state index is 13.5. The molecule has 0 spiro atoms. The SMILES string of the molecule is COc1cc(N2CCN(C(=O)Cn3nc(C4CC4)c(Cl)c3C(F)(F)F)CC2)ccc1Cl. The average molecular weight is 477 g/mol. The fraction of sp³-hybridized carbons (Fsp3) is 0.500. The van der Waals surface area contributed by atoms with Gasteiger partial charge in [-0.15, -0.1) is 0 Å². The van der Waals surface area contributed by atoms with E-state index >= 15 is 0 Å². The third-order valence-corrected chi connectivity index (χ3v) is 6.25. The van der Waals surface area contributed by atoms with Gasteiger partial charge in [0.15, 0.2) is 5.69 Å². The second-order valence-corrected chi connectivity index (χ2v) is 8.45. The lowest BCUT2D eigenvalue weighted by molar-refractivity contribution is -0.145. The Labute approximate surface area is 187 Å². The van der Waals surface area contributed by atoms with Gasteiger partial charge in [0.1, 0.15) is 12.3 Å². The number of hydrogen-bond donors (Lipinski definition) is 0.